The fraction of sp³-hybridized carbons (Fsp3) is 0.417. The van der Waals surface area contributed by atoms with Gasteiger partial charge in [-0.1, -0.05) is 15.9 Å². The lowest BCUT2D eigenvalue weighted by Gasteiger charge is -2.15. The van der Waals surface area contributed by atoms with Crippen molar-refractivity contribution in [2.24, 2.45) is 0 Å². The van der Waals surface area contributed by atoms with Gasteiger partial charge in [-0.15, -0.1) is 0 Å². The third kappa shape index (κ3) is 4.77. The number of aliphatic carboxylic acids is 1. The molecular formula is C12H16BrNO5S. The topological polar surface area (TPSA) is 92.7 Å². The lowest BCUT2D eigenvalue weighted by Crippen LogP contribution is -2.34. The average Bonchev–Trinajstić information content (AvgIpc) is 2.29. The van der Waals surface area contributed by atoms with E-state index < -0.39 is 22.0 Å². The maximum absolute atomic E-state index is 12.3. The molecule has 1 atom stereocenters. The molecule has 0 amide bonds. The first-order valence-corrected chi connectivity index (χ1v) is 8.20. The summed E-state index contributed by atoms with van der Waals surface area (Å²) in [5, 5.41) is 8.67. The second kappa shape index (κ2) is 7.05. The summed E-state index contributed by atoms with van der Waals surface area (Å²) in [6, 6.07) is 3.92. The monoisotopic (exact) mass is 365 g/mol. The first-order valence-electron chi connectivity index (χ1n) is 5.92. The number of halogens is 1. The minimum absolute atomic E-state index is 0.0223. The van der Waals surface area contributed by atoms with Gasteiger partial charge in [-0.05, 0) is 32.0 Å². The van der Waals surface area contributed by atoms with Crippen LogP contribution in [0.25, 0.3) is 0 Å². The van der Waals surface area contributed by atoms with Crippen molar-refractivity contribution in [3.05, 3.63) is 22.7 Å². The van der Waals surface area contributed by atoms with Crippen molar-refractivity contribution >= 4 is 31.9 Å². The molecule has 6 nitrogen and oxygen atoms in total. The van der Waals surface area contributed by atoms with E-state index in [1.165, 1.54) is 13.0 Å². The second-order valence-corrected chi connectivity index (χ2v) is 6.74. The summed E-state index contributed by atoms with van der Waals surface area (Å²) >= 11 is 3.20. The molecule has 0 saturated carbocycles. The zero-order valence-corrected chi connectivity index (χ0v) is 13.5. The van der Waals surface area contributed by atoms with Crippen molar-refractivity contribution in [3.8, 4) is 5.75 Å². The molecule has 0 aliphatic carbocycles. The van der Waals surface area contributed by atoms with Crippen LogP contribution >= 0.6 is 15.9 Å². The number of carbonyl (C=O) groups is 1. The van der Waals surface area contributed by atoms with Crippen LogP contribution in [0.2, 0.25) is 0 Å². The molecule has 1 aromatic carbocycles. The minimum Gasteiger partial charge on any atom is -0.492 e. The fourth-order valence-corrected chi connectivity index (χ4v) is 3.53. The third-order valence-electron chi connectivity index (χ3n) is 2.33. The van der Waals surface area contributed by atoms with Crippen molar-refractivity contribution in [2.45, 2.75) is 31.2 Å². The Labute approximate surface area is 126 Å². The standard InChI is InChI=1S/C12H16BrNO5S/c1-3-19-10-5-4-9(13)7-11(10)20(17,18)14-8(2)6-12(15)16/h4-5,7-8,14H,3,6H2,1-2H3,(H,15,16). The van der Waals surface area contributed by atoms with Crippen LogP contribution in [0.15, 0.2) is 27.6 Å². The summed E-state index contributed by atoms with van der Waals surface area (Å²) in [6.45, 7) is 3.57. The van der Waals surface area contributed by atoms with Gasteiger partial charge in [-0.3, -0.25) is 4.79 Å². The predicted molar refractivity (Wildman–Crippen MR) is 77.3 cm³/mol. The van der Waals surface area contributed by atoms with E-state index in [1.54, 1.807) is 19.1 Å². The largest absolute Gasteiger partial charge is 0.492 e. The van der Waals surface area contributed by atoms with Gasteiger partial charge in [0.05, 0.1) is 13.0 Å². The van der Waals surface area contributed by atoms with Crippen molar-refractivity contribution in [3.63, 3.8) is 0 Å². The zero-order valence-electron chi connectivity index (χ0n) is 11.1. The number of sulfonamides is 1. The van der Waals surface area contributed by atoms with Crippen LogP contribution in [0.4, 0.5) is 0 Å². The zero-order chi connectivity index (χ0) is 15.3. The SMILES string of the molecule is CCOc1ccc(Br)cc1S(=O)(=O)NC(C)CC(=O)O. The third-order valence-corrected chi connectivity index (χ3v) is 4.44. The van der Waals surface area contributed by atoms with Crippen LogP contribution in [0.1, 0.15) is 20.3 Å². The second-order valence-electron chi connectivity index (χ2n) is 4.14. The Hall–Kier alpha value is -1.12. The molecule has 2 N–H and O–H groups in total. The van der Waals surface area contributed by atoms with Crippen molar-refractivity contribution in [1.82, 2.24) is 4.72 Å². The first-order chi connectivity index (χ1) is 9.26. The van der Waals surface area contributed by atoms with E-state index in [-0.39, 0.29) is 17.1 Å². The molecule has 0 spiro atoms. The molecule has 0 saturated heterocycles. The molecule has 0 bridgehead atoms. The van der Waals surface area contributed by atoms with Gasteiger partial charge in [0.15, 0.2) is 0 Å². The Kier molecular flexibility index (Phi) is 5.97. The molecular weight excluding hydrogens is 350 g/mol. The lowest BCUT2D eigenvalue weighted by molar-refractivity contribution is -0.137. The molecule has 1 rings (SSSR count). The molecule has 0 radical (unpaired) electrons. The number of rotatable bonds is 7. The lowest BCUT2D eigenvalue weighted by atomic mass is 10.3. The van der Waals surface area contributed by atoms with Gasteiger partial charge in [0.2, 0.25) is 10.0 Å². The summed E-state index contributed by atoms with van der Waals surface area (Å²) in [5.74, 6) is -0.842. The highest BCUT2D eigenvalue weighted by Gasteiger charge is 2.23. The van der Waals surface area contributed by atoms with E-state index in [4.69, 9.17) is 9.84 Å². The Morgan fingerprint density at radius 1 is 1.50 bits per heavy atom. The van der Waals surface area contributed by atoms with E-state index in [9.17, 15) is 13.2 Å². The molecule has 112 valence electrons. The number of hydrogen-bond donors (Lipinski definition) is 2. The molecule has 1 unspecified atom stereocenters. The summed E-state index contributed by atoms with van der Waals surface area (Å²) in [5.41, 5.74) is 0. The van der Waals surface area contributed by atoms with Crippen LogP contribution in [0.5, 0.6) is 5.75 Å². The van der Waals surface area contributed by atoms with Gasteiger partial charge < -0.3 is 9.84 Å². The van der Waals surface area contributed by atoms with Gasteiger partial charge in [-0.2, -0.15) is 0 Å². The molecule has 1 aromatic rings. The van der Waals surface area contributed by atoms with Gasteiger partial charge >= 0.3 is 5.97 Å². The minimum atomic E-state index is -3.85. The van der Waals surface area contributed by atoms with Crippen LogP contribution in [-0.4, -0.2) is 32.1 Å². The Bertz CT molecular complexity index is 588. The fourth-order valence-electron chi connectivity index (χ4n) is 1.60. The predicted octanol–water partition coefficient (Wildman–Crippen LogP) is 1.99. The summed E-state index contributed by atoms with van der Waals surface area (Å²) in [4.78, 5) is 10.6. The molecule has 0 aliphatic rings. The first kappa shape index (κ1) is 16.9. The smallest absolute Gasteiger partial charge is 0.304 e. The maximum Gasteiger partial charge on any atom is 0.304 e. The number of hydrogen-bond acceptors (Lipinski definition) is 4. The van der Waals surface area contributed by atoms with E-state index in [0.29, 0.717) is 11.1 Å². The van der Waals surface area contributed by atoms with Crippen molar-refractivity contribution in [2.75, 3.05) is 6.61 Å². The average molecular weight is 366 g/mol. The Morgan fingerprint density at radius 3 is 2.70 bits per heavy atom. The maximum atomic E-state index is 12.3. The van der Waals surface area contributed by atoms with Gasteiger partial charge in [0, 0.05) is 10.5 Å². The van der Waals surface area contributed by atoms with Crippen LogP contribution in [0.3, 0.4) is 0 Å². The van der Waals surface area contributed by atoms with E-state index in [0.717, 1.165) is 0 Å². The van der Waals surface area contributed by atoms with Crippen LogP contribution in [-0.2, 0) is 14.8 Å². The number of ether oxygens (including phenoxy) is 1. The number of benzene rings is 1. The van der Waals surface area contributed by atoms with E-state index >= 15 is 0 Å². The summed E-state index contributed by atoms with van der Waals surface area (Å²) in [7, 11) is -3.85. The molecule has 0 heterocycles. The van der Waals surface area contributed by atoms with Crippen molar-refractivity contribution < 1.29 is 23.1 Å². The number of nitrogens with one attached hydrogen (secondary N) is 1. The van der Waals surface area contributed by atoms with Crippen LogP contribution < -0.4 is 9.46 Å². The molecule has 0 fully saturated rings. The Morgan fingerprint density at radius 2 is 2.15 bits per heavy atom. The quantitative estimate of drug-likeness (QED) is 0.770. The normalized spacial score (nSPS) is 12.9. The Balaban J connectivity index is 3.08. The number of carboxylic acid groups (broad SMARTS) is 1. The highest BCUT2D eigenvalue weighted by Crippen LogP contribution is 2.27. The highest BCUT2D eigenvalue weighted by molar-refractivity contribution is 9.10. The number of carboxylic acids is 1. The molecule has 0 aliphatic heterocycles. The molecule has 0 aromatic heterocycles. The molecule has 20 heavy (non-hydrogen) atoms. The van der Waals surface area contributed by atoms with Gasteiger partial charge in [-0.25, -0.2) is 13.1 Å². The van der Waals surface area contributed by atoms with E-state index in [1.807, 2.05) is 0 Å². The van der Waals surface area contributed by atoms with Crippen molar-refractivity contribution in [1.29, 1.82) is 0 Å². The molecule has 8 heteroatoms. The van der Waals surface area contributed by atoms with E-state index in [2.05, 4.69) is 20.7 Å². The van der Waals surface area contributed by atoms with Gasteiger partial charge in [0.25, 0.3) is 0 Å². The summed E-state index contributed by atoms with van der Waals surface area (Å²) in [6.07, 6.45) is -0.294. The van der Waals surface area contributed by atoms with Gasteiger partial charge in [0.1, 0.15) is 10.6 Å². The summed E-state index contributed by atoms with van der Waals surface area (Å²) < 4.78 is 32.7. The highest BCUT2D eigenvalue weighted by atomic mass is 79.9. The van der Waals surface area contributed by atoms with Crippen LogP contribution in [0, 0.1) is 0 Å².